The van der Waals surface area contributed by atoms with E-state index in [1.54, 1.807) is 4.90 Å². The molecule has 3 fully saturated rings. The third-order valence-electron chi connectivity index (χ3n) is 5.74. The average Bonchev–Trinajstić information content (AvgIpc) is 3.29. The van der Waals surface area contributed by atoms with E-state index in [1.807, 2.05) is 36.1 Å². The molecule has 0 N–H and O–H groups in total. The highest BCUT2D eigenvalue weighted by Crippen LogP contribution is 2.27. The second-order valence-electron chi connectivity index (χ2n) is 7.20. The molecule has 0 bridgehead atoms. The Morgan fingerprint density at radius 3 is 2.46 bits per heavy atom. The highest BCUT2D eigenvalue weighted by atomic mass is 16.2. The SMILES string of the molecule is C[C@H]1C(=O)N2CCC[C@@H]2CN1C(=O)c1ccc(N2CCCC2)cc1. The molecule has 2 amide bonds. The van der Waals surface area contributed by atoms with Crippen LogP contribution in [0.15, 0.2) is 24.3 Å². The van der Waals surface area contributed by atoms with E-state index in [0.717, 1.165) is 32.5 Å². The summed E-state index contributed by atoms with van der Waals surface area (Å²) in [5.74, 6) is 0.0844. The lowest BCUT2D eigenvalue weighted by Crippen LogP contribution is -2.60. The standard InChI is InChI=1S/C19H25N3O2/c1-14-18(23)21-12-4-5-17(21)13-22(14)19(24)15-6-8-16(9-7-15)20-10-2-3-11-20/h6-9,14,17H,2-5,10-13H2,1H3/t14-,17+/m0/s1. The van der Waals surface area contributed by atoms with Gasteiger partial charge in [-0.2, -0.15) is 0 Å². The maximum Gasteiger partial charge on any atom is 0.254 e. The van der Waals surface area contributed by atoms with Gasteiger partial charge in [0, 0.05) is 43.5 Å². The van der Waals surface area contributed by atoms with Crippen molar-refractivity contribution < 1.29 is 9.59 Å². The van der Waals surface area contributed by atoms with Crippen molar-refractivity contribution in [3.63, 3.8) is 0 Å². The molecule has 3 heterocycles. The van der Waals surface area contributed by atoms with Crippen molar-refractivity contribution in [1.29, 1.82) is 0 Å². The molecule has 0 spiro atoms. The second kappa shape index (κ2) is 6.11. The molecule has 0 radical (unpaired) electrons. The molecule has 0 saturated carbocycles. The number of hydrogen-bond donors (Lipinski definition) is 0. The number of amides is 2. The number of fused-ring (bicyclic) bond motifs is 1. The zero-order chi connectivity index (χ0) is 16.7. The first-order valence-electron chi connectivity index (χ1n) is 9.11. The van der Waals surface area contributed by atoms with E-state index < -0.39 is 0 Å². The van der Waals surface area contributed by atoms with Gasteiger partial charge in [-0.25, -0.2) is 0 Å². The van der Waals surface area contributed by atoms with Crippen molar-refractivity contribution in [2.24, 2.45) is 0 Å². The number of carbonyl (C=O) groups is 2. The molecule has 0 aromatic heterocycles. The average molecular weight is 327 g/mol. The molecule has 5 nitrogen and oxygen atoms in total. The largest absolute Gasteiger partial charge is 0.372 e. The molecular formula is C19H25N3O2. The molecule has 3 saturated heterocycles. The number of anilines is 1. The van der Waals surface area contributed by atoms with Crippen LogP contribution >= 0.6 is 0 Å². The fourth-order valence-electron chi connectivity index (χ4n) is 4.29. The Morgan fingerprint density at radius 2 is 1.75 bits per heavy atom. The summed E-state index contributed by atoms with van der Waals surface area (Å²) in [5.41, 5.74) is 1.87. The van der Waals surface area contributed by atoms with Crippen LogP contribution in [-0.2, 0) is 4.79 Å². The summed E-state index contributed by atoms with van der Waals surface area (Å²) in [5, 5.41) is 0. The van der Waals surface area contributed by atoms with Gasteiger partial charge in [0.25, 0.3) is 5.91 Å². The molecule has 0 aliphatic carbocycles. The first-order valence-corrected chi connectivity index (χ1v) is 9.11. The van der Waals surface area contributed by atoms with Crippen molar-refractivity contribution in [3.05, 3.63) is 29.8 Å². The molecule has 2 atom stereocenters. The van der Waals surface area contributed by atoms with Gasteiger partial charge in [-0.05, 0) is 56.9 Å². The minimum absolute atomic E-state index is 0.0182. The molecule has 1 aromatic rings. The van der Waals surface area contributed by atoms with Crippen LogP contribution in [0.2, 0.25) is 0 Å². The summed E-state index contributed by atoms with van der Waals surface area (Å²) in [4.78, 5) is 31.5. The third-order valence-corrected chi connectivity index (χ3v) is 5.74. The lowest BCUT2D eigenvalue weighted by atomic mass is 10.0. The predicted octanol–water partition coefficient (Wildman–Crippen LogP) is 2.12. The normalized spacial score (nSPS) is 26.9. The highest BCUT2D eigenvalue weighted by Gasteiger charge is 2.42. The monoisotopic (exact) mass is 327 g/mol. The van der Waals surface area contributed by atoms with E-state index in [2.05, 4.69) is 4.90 Å². The minimum Gasteiger partial charge on any atom is -0.372 e. The summed E-state index contributed by atoms with van der Waals surface area (Å²) in [6, 6.07) is 7.75. The number of carbonyl (C=O) groups excluding carboxylic acids is 2. The highest BCUT2D eigenvalue weighted by molar-refractivity contribution is 5.98. The van der Waals surface area contributed by atoms with Crippen LogP contribution in [0.3, 0.4) is 0 Å². The Hall–Kier alpha value is -2.04. The summed E-state index contributed by atoms with van der Waals surface area (Å²) in [6.07, 6.45) is 4.55. The molecule has 3 aliphatic rings. The third kappa shape index (κ3) is 2.56. The Kier molecular flexibility index (Phi) is 3.94. The fraction of sp³-hybridized carbons (Fsp3) is 0.579. The van der Waals surface area contributed by atoms with Gasteiger partial charge in [-0.15, -0.1) is 0 Å². The quantitative estimate of drug-likeness (QED) is 0.836. The van der Waals surface area contributed by atoms with Crippen LogP contribution in [0, 0.1) is 0 Å². The molecular weight excluding hydrogens is 302 g/mol. The Morgan fingerprint density at radius 1 is 1.04 bits per heavy atom. The van der Waals surface area contributed by atoms with Gasteiger partial charge in [0.1, 0.15) is 6.04 Å². The number of piperazine rings is 1. The molecule has 4 rings (SSSR count). The Labute approximate surface area is 143 Å². The molecule has 3 aliphatic heterocycles. The second-order valence-corrected chi connectivity index (χ2v) is 7.20. The molecule has 128 valence electrons. The first-order chi connectivity index (χ1) is 11.6. The van der Waals surface area contributed by atoms with Gasteiger partial charge >= 0.3 is 0 Å². The summed E-state index contributed by atoms with van der Waals surface area (Å²) >= 11 is 0. The van der Waals surface area contributed by atoms with Crippen LogP contribution in [0.5, 0.6) is 0 Å². The van der Waals surface area contributed by atoms with Crippen LogP contribution < -0.4 is 4.90 Å². The van der Waals surface area contributed by atoms with Gasteiger partial charge in [0.2, 0.25) is 5.91 Å². The van der Waals surface area contributed by atoms with E-state index in [0.29, 0.717) is 12.1 Å². The van der Waals surface area contributed by atoms with E-state index in [9.17, 15) is 9.59 Å². The minimum atomic E-state index is -0.356. The van der Waals surface area contributed by atoms with E-state index >= 15 is 0 Å². The number of benzene rings is 1. The zero-order valence-corrected chi connectivity index (χ0v) is 14.3. The smallest absolute Gasteiger partial charge is 0.254 e. The summed E-state index contributed by atoms with van der Waals surface area (Å²) in [7, 11) is 0. The van der Waals surface area contributed by atoms with E-state index in [-0.39, 0.29) is 23.9 Å². The Balaban J connectivity index is 1.51. The lowest BCUT2D eigenvalue weighted by molar-refractivity contribution is -0.141. The van der Waals surface area contributed by atoms with Crippen molar-refractivity contribution in [2.75, 3.05) is 31.1 Å². The van der Waals surface area contributed by atoms with Crippen molar-refractivity contribution in [2.45, 2.75) is 44.7 Å². The number of rotatable bonds is 2. The van der Waals surface area contributed by atoms with Crippen LogP contribution in [0.1, 0.15) is 43.0 Å². The van der Waals surface area contributed by atoms with Crippen molar-refractivity contribution in [1.82, 2.24) is 9.80 Å². The number of hydrogen-bond acceptors (Lipinski definition) is 3. The van der Waals surface area contributed by atoms with Crippen molar-refractivity contribution >= 4 is 17.5 Å². The van der Waals surface area contributed by atoms with Gasteiger partial charge < -0.3 is 14.7 Å². The zero-order valence-electron chi connectivity index (χ0n) is 14.3. The predicted molar refractivity (Wildman–Crippen MR) is 93.1 cm³/mol. The molecule has 5 heteroatoms. The fourth-order valence-corrected chi connectivity index (χ4v) is 4.29. The summed E-state index contributed by atoms with van der Waals surface area (Å²) in [6.45, 7) is 5.57. The summed E-state index contributed by atoms with van der Waals surface area (Å²) < 4.78 is 0. The van der Waals surface area contributed by atoms with Crippen LogP contribution in [-0.4, -0.2) is 59.9 Å². The van der Waals surface area contributed by atoms with Gasteiger partial charge in [-0.1, -0.05) is 0 Å². The molecule has 0 unspecified atom stereocenters. The van der Waals surface area contributed by atoms with Gasteiger partial charge in [0.05, 0.1) is 0 Å². The molecule has 1 aromatic carbocycles. The Bertz CT molecular complexity index is 637. The molecule has 24 heavy (non-hydrogen) atoms. The topological polar surface area (TPSA) is 43.9 Å². The maximum atomic E-state index is 12.9. The lowest BCUT2D eigenvalue weighted by Gasteiger charge is -2.41. The van der Waals surface area contributed by atoms with Crippen LogP contribution in [0.4, 0.5) is 5.69 Å². The van der Waals surface area contributed by atoms with Crippen LogP contribution in [0.25, 0.3) is 0 Å². The first kappa shape index (κ1) is 15.5. The number of nitrogens with zero attached hydrogens (tertiary/aromatic N) is 3. The van der Waals surface area contributed by atoms with E-state index in [4.69, 9.17) is 0 Å². The van der Waals surface area contributed by atoms with Gasteiger partial charge in [0.15, 0.2) is 0 Å². The van der Waals surface area contributed by atoms with Crippen molar-refractivity contribution in [3.8, 4) is 0 Å². The van der Waals surface area contributed by atoms with Gasteiger partial charge in [-0.3, -0.25) is 9.59 Å². The maximum absolute atomic E-state index is 12.9. The van der Waals surface area contributed by atoms with E-state index in [1.165, 1.54) is 18.5 Å².